The zero-order valence-corrected chi connectivity index (χ0v) is 18.5. The molecule has 2 aliphatic heterocycles. The molecule has 5 rings (SSSR count). The maximum absolute atomic E-state index is 10.0. The molecule has 7 nitrogen and oxygen atoms in total. The third-order valence-corrected chi connectivity index (χ3v) is 7.05. The van der Waals surface area contributed by atoms with E-state index in [0.717, 1.165) is 56.1 Å². The van der Waals surface area contributed by atoms with Crippen LogP contribution in [0.3, 0.4) is 0 Å². The van der Waals surface area contributed by atoms with E-state index >= 15 is 0 Å². The quantitative estimate of drug-likeness (QED) is 0.575. The van der Waals surface area contributed by atoms with E-state index in [1.165, 1.54) is 0 Å². The van der Waals surface area contributed by atoms with Crippen molar-refractivity contribution in [3.63, 3.8) is 0 Å². The Morgan fingerprint density at radius 3 is 2.41 bits per heavy atom. The lowest BCUT2D eigenvalue weighted by molar-refractivity contribution is -0.0720. The fourth-order valence-corrected chi connectivity index (χ4v) is 4.63. The summed E-state index contributed by atoms with van der Waals surface area (Å²) in [5.41, 5.74) is 2.31. The highest BCUT2D eigenvalue weighted by molar-refractivity contribution is 7.99. The maximum Gasteiger partial charge on any atom is 0.146 e. The molecule has 3 fully saturated rings. The molecule has 1 N–H and O–H groups in total. The number of nitrogens with one attached hydrogen (secondary N) is 1. The van der Waals surface area contributed by atoms with Crippen molar-refractivity contribution >= 4 is 17.6 Å². The van der Waals surface area contributed by atoms with E-state index in [-0.39, 0.29) is 6.10 Å². The molecule has 3 aliphatic rings. The highest BCUT2D eigenvalue weighted by Gasteiger charge is 2.28. The fraction of sp³-hybridized carbons (Fsp3) is 0.458. The molecule has 0 radical (unpaired) electrons. The van der Waals surface area contributed by atoms with Crippen LogP contribution < -0.4 is 10.1 Å². The lowest BCUT2D eigenvalue weighted by Crippen LogP contribution is -2.32. The zero-order chi connectivity index (χ0) is 21.9. The molecule has 8 heteroatoms. The maximum atomic E-state index is 10.0. The van der Waals surface area contributed by atoms with Gasteiger partial charge in [-0.25, -0.2) is 4.98 Å². The van der Waals surface area contributed by atoms with Crippen LogP contribution in [0.2, 0.25) is 0 Å². The number of ether oxygens (including phenoxy) is 3. The molecule has 0 spiro atoms. The van der Waals surface area contributed by atoms with Gasteiger partial charge in [-0.15, -0.1) is 11.8 Å². The predicted molar refractivity (Wildman–Crippen MR) is 121 cm³/mol. The first kappa shape index (κ1) is 21.1. The smallest absolute Gasteiger partial charge is 0.146 e. The normalized spacial score (nSPS) is 19.9. The van der Waals surface area contributed by atoms with Crippen LogP contribution in [0, 0.1) is 28.6 Å². The van der Waals surface area contributed by atoms with Gasteiger partial charge in [0, 0.05) is 36.3 Å². The van der Waals surface area contributed by atoms with Gasteiger partial charge < -0.3 is 19.5 Å². The molecular weight excluding hydrogens is 424 g/mol. The Labute approximate surface area is 191 Å². The number of hydrogen-bond donors (Lipinski definition) is 1. The molecule has 1 saturated carbocycles. The first-order valence-electron chi connectivity index (χ1n) is 10.9. The lowest BCUT2D eigenvalue weighted by atomic mass is 9.96. The first-order valence-corrected chi connectivity index (χ1v) is 11.9. The van der Waals surface area contributed by atoms with Gasteiger partial charge in [-0.3, -0.25) is 0 Å². The monoisotopic (exact) mass is 448 g/mol. The highest BCUT2D eigenvalue weighted by Crippen LogP contribution is 2.39. The number of nitriles is 2. The molecule has 0 unspecified atom stereocenters. The van der Waals surface area contributed by atoms with Crippen molar-refractivity contribution in [1.29, 1.82) is 10.5 Å². The molecule has 164 valence electrons. The minimum absolute atomic E-state index is 0.168. The standard InChI is InChI=1S/C24H24N4O3S/c25-9-20-22(16-1-5-18(6-2-16)31-13-19-7-8-30-19)21(10-26)24(32-14-15-11-29-12-15)28-23(20)27-17-3-4-17/h1-2,5-6,15,17,19H,3-4,7-8,11-14H2,(H,27,28)/t19-/m0/s1. The third kappa shape index (κ3) is 4.54. The number of pyridine rings is 1. The molecule has 1 aromatic heterocycles. The van der Waals surface area contributed by atoms with Gasteiger partial charge in [0.2, 0.25) is 0 Å². The second-order valence-corrected chi connectivity index (χ2v) is 9.37. The summed E-state index contributed by atoms with van der Waals surface area (Å²) in [6, 6.07) is 12.5. The van der Waals surface area contributed by atoms with E-state index in [2.05, 4.69) is 17.5 Å². The van der Waals surface area contributed by atoms with Gasteiger partial charge in [0.15, 0.2) is 0 Å². The van der Waals surface area contributed by atoms with Gasteiger partial charge in [-0.2, -0.15) is 10.5 Å². The van der Waals surface area contributed by atoms with Gasteiger partial charge in [-0.05, 0) is 30.5 Å². The fourth-order valence-electron chi connectivity index (χ4n) is 3.60. The highest BCUT2D eigenvalue weighted by atomic mass is 32.2. The largest absolute Gasteiger partial charge is 0.491 e. The number of hydrogen-bond acceptors (Lipinski definition) is 8. The second-order valence-electron chi connectivity index (χ2n) is 8.36. The molecule has 32 heavy (non-hydrogen) atoms. The van der Waals surface area contributed by atoms with Crippen molar-refractivity contribution in [2.45, 2.75) is 36.4 Å². The third-order valence-electron chi connectivity index (χ3n) is 5.84. The Balaban J connectivity index is 1.47. The van der Waals surface area contributed by atoms with Crippen LogP contribution in [-0.2, 0) is 9.47 Å². The van der Waals surface area contributed by atoms with E-state index < -0.39 is 0 Å². The van der Waals surface area contributed by atoms with Crippen molar-refractivity contribution in [2.24, 2.45) is 5.92 Å². The van der Waals surface area contributed by atoms with Gasteiger partial charge in [0.1, 0.15) is 40.9 Å². The summed E-state index contributed by atoms with van der Waals surface area (Å²) in [5, 5.41) is 24.1. The van der Waals surface area contributed by atoms with Gasteiger partial charge >= 0.3 is 0 Å². The van der Waals surface area contributed by atoms with Crippen LogP contribution in [0.15, 0.2) is 29.3 Å². The second kappa shape index (κ2) is 9.38. The van der Waals surface area contributed by atoms with Crippen LogP contribution in [0.4, 0.5) is 5.82 Å². The van der Waals surface area contributed by atoms with Crippen molar-refractivity contribution in [3.05, 3.63) is 35.4 Å². The summed E-state index contributed by atoms with van der Waals surface area (Å²) in [6.07, 6.45) is 3.33. The van der Waals surface area contributed by atoms with Crippen LogP contribution in [0.1, 0.15) is 30.4 Å². The number of nitrogens with zero attached hydrogens (tertiary/aromatic N) is 3. The van der Waals surface area contributed by atoms with Crippen molar-refractivity contribution in [3.8, 4) is 29.0 Å². The number of benzene rings is 1. The van der Waals surface area contributed by atoms with E-state index in [1.807, 2.05) is 24.3 Å². The van der Waals surface area contributed by atoms with Crippen LogP contribution in [0.5, 0.6) is 5.75 Å². The first-order chi connectivity index (χ1) is 15.7. The topological polar surface area (TPSA) is 100 Å². The molecule has 1 atom stereocenters. The summed E-state index contributed by atoms with van der Waals surface area (Å²) in [4.78, 5) is 4.72. The lowest BCUT2D eigenvalue weighted by Gasteiger charge is -2.26. The predicted octanol–water partition coefficient (Wildman–Crippen LogP) is 3.97. The number of thioether (sulfide) groups is 1. The average Bonchev–Trinajstić information content (AvgIpc) is 3.55. The molecule has 1 aromatic carbocycles. The Morgan fingerprint density at radius 1 is 1.09 bits per heavy atom. The summed E-state index contributed by atoms with van der Waals surface area (Å²) in [6.45, 7) is 2.83. The van der Waals surface area contributed by atoms with Gasteiger partial charge in [0.25, 0.3) is 0 Å². The molecule has 2 saturated heterocycles. The summed E-state index contributed by atoms with van der Waals surface area (Å²) in [5.74, 6) is 2.62. The van der Waals surface area contributed by atoms with Crippen molar-refractivity contribution in [1.82, 2.24) is 4.98 Å². The molecule has 0 amide bonds. The molecule has 0 bridgehead atoms. The van der Waals surface area contributed by atoms with Crippen molar-refractivity contribution in [2.75, 3.05) is 37.5 Å². The SMILES string of the molecule is N#Cc1c(NC2CC2)nc(SCC2COC2)c(C#N)c1-c1ccc(OC[C@@H]2CCO2)cc1. The minimum atomic E-state index is 0.168. The minimum Gasteiger partial charge on any atom is -0.491 e. The summed E-state index contributed by atoms with van der Waals surface area (Å²) in [7, 11) is 0. The van der Waals surface area contributed by atoms with Gasteiger partial charge in [0.05, 0.1) is 24.9 Å². The van der Waals surface area contributed by atoms with Crippen LogP contribution in [-0.4, -0.2) is 49.3 Å². The van der Waals surface area contributed by atoms with E-state index in [4.69, 9.17) is 19.2 Å². The van der Waals surface area contributed by atoms with E-state index in [1.54, 1.807) is 11.8 Å². The Hall–Kier alpha value is -2.78. The summed E-state index contributed by atoms with van der Waals surface area (Å²) < 4.78 is 16.5. The zero-order valence-electron chi connectivity index (χ0n) is 17.7. The van der Waals surface area contributed by atoms with Crippen LogP contribution >= 0.6 is 11.8 Å². The van der Waals surface area contributed by atoms with Crippen molar-refractivity contribution < 1.29 is 14.2 Å². The molecule has 2 aromatic rings. The average molecular weight is 449 g/mol. The van der Waals surface area contributed by atoms with Gasteiger partial charge in [-0.1, -0.05) is 12.1 Å². The Kier molecular flexibility index (Phi) is 6.18. The summed E-state index contributed by atoms with van der Waals surface area (Å²) >= 11 is 1.57. The Bertz CT molecular complexity index is 1060. The van der Waals surface area contributed by atoms with E-state index in [9.17, 15) is 10.5 Å². The molecule has 3 heterocycles. The Morgan fingerprint density at radius 2 is 1.84 bits per heavy atom. The number of anilines is 1. The molecule has 1 aliphatic carbocycles. The number of aromatic nitrogens is 1. The van der Waals surface area contributed by atoms with Crippen LogP contribution in [0.25, 0.3) is 11.1 Å². The number of rotatable bonds is 9. The van der Waals surface area contributed by atoms with E-state index in [0.29, 0.717) is 46.1 Å². The molecular formula is C24H24N4O3S.